The minimum atomic E-state index is -5.19. The van der Waals surface area contributed by atoms with Gasteiger partial charge in [0.05, 0.1) is 7.05 Å². The van der Waals surface area contributed by atoms with Crippen molar-refractivity contribution in [3.63, 3.8) is 0 Å². The van der Waals surface area contributed by atoms with Crippen LogP contribution < -0.4 is 26.3 Å². The summed E-state index contributed by atoms with van der Waals surface area (Å²) in [5.41, 5.74) is 3.08. The smallest absolute Gasteiger partial charge is 0.430 e. The molecule has 4 heterocycles. The first-order valence-corrected chi connectivity index (χ1v) is 15.7. The second kappa shape index (κ2) is 14.5. The molecule has 0 spiro atoms. The Bertz CT molecular complexity index is 1770. The number of hydrogen-bond donors (Lipinski definition) is 6. The standard InChI is InChI=1S/C22H23N7O9S3.C2HF3O2/c1-22(2,19(36)37)38-27-12(9-7-40-20(23)24-9)15(32)26-13-16(33)29-14(18(34)35)8(5-39-17(13)29)6-41-21-25-10(30)4-11(31)28(21)3;3-2(4,5)1(6)7/h4,7,13,17H,5-6H2,1-3H3,(H6,23,24,26,30,31,32,34,35,36,37);(H,6,7)/b27-12-;. The highest BCUT2D eigenvalue weighted by atomic mass is 32.2. The number of thiazole rings is 1. The van der Waals surface area contributed by atoms with Gasteiger partial charge in [-0.1, -0.05) is 5.16 Å². The van der Waals surface area contributed by atoms with Gasteiger partial charge in [0.25, 0.3) is 17.7 Å². The molecule has 24 heteroatoms. The van der Waals surface area contributed by atoms with Crippen LogP contribution in [0.2, 0.25) is 0 Å². The van der Waals surface area contributed by atoms with Gasteiger partial charge in [0.1, 0.15) is 34.8 Å². The van der Waals surface area contributed by atoms with Gasteiger partial charge < -0.3 is 41.1 Å². The van der Waals surface area contributed by atoms with Gasteiger partial charge in [-0.3, -0.25) is 14.5 Å². The number of nitrogens with zero attached hydrogens (tertiary/aromatic N) is 4. The van der Waals surface area contributed by atoms with E-state index >= 15 is 0 Å². The van der Waals surface area contributed by atoms with Gasteiger partial charge in [0.2, 0.25) is 5.60 Å². The number of nitrogens with one attached hydrogen (secondary N) is 2. The molecule has 0 bridgehead atoms. The number of amides is 2. The molecular weight excluding hydrogens is 715 g/mol. The highest BCUT2D eigenvalue weighted by Gasteiger charge is 2.54. The van der Waals surface area contributed by atoms with Crippen LogP contribution >= 0.6 is 34.9 Å². The molecule has 0 saturated carbocycles. The van der Waals surface area contributed by atoms with Crippen molar-refractivity contribution in [2.45, 2.75) is 42.2 Å². The number of aliphatic carboxylic acids is 3. The maximum atomic E-state index is 13.2. The Morgan fingerprint density at radius 3 is 2.44 bits per heavy atom. The predicted octanol–water partition coefficient (Wildman–Crippen LogP) is -1.64. The maximum Gasteiger partial charge on any atom is 0.430 e. The number of H-pyrrole nitrogens is 1. The van der Waals surface area contributed by atoms with Gasteiger partial charge in [0, 0.05) is 16.9 Å². The molecule has 2 aliphatic heterocycles. The van der Waals surface area contributed by atoms with Crippen LogP contribution in [0.3, 0.4) is 0 Å². The van der Waals surface area contributed by atoms with E-state index in [9.17, 15) is 52.5 Å². The summed E-state index contributed by atoms with van der Waals surface area (Å²) in [7, 11) is 1.52. The molecule has 1 saturated heterocycles. The molecule has 0 aromatic carbocycles. The number of anilines is 1. The number of thioether (sulfide) groups is 2. The van der Waals surface area contributed by atoms with Crippen molar-refractivity contribution >= 4 is 75.4 Å². The highest BCUT2D eigenvalue weighted by molar-refractivity contribution is 8.01. The maximum absolute atomic E-state index is 13.2. The van der Waals surface area contributed by atoms with Gasteiger partial charge in [-0.15, -0.1) is 23.1 Å². The summed E-state index contributed by atoms with van der Waals surface area (Å²) in [4.78, 5) is 83.1. The minimum Gasteiger partial charge on any atom is -0.542 e. The highest BCUT2D eigenvalue weighted by Crippen LogP contribution is 2.41. The molecule has 260 valence electrons. The molecule has 2 amide bonds. The number of halogens is 3. The third-order valence-electron chi connectivity index (χ3n) is 6.15. The van der Waals surface area contributed by atoms with Crippen molar-refractivity contribution in [2.24, 2.45) is 12.2 Å². The molecule has 7 N–H and O–H groups in total. The van der Waals surface area contributed by atoms with Gasteiger partial charge in [-0.2, -0.15) is 17.7 Å². The molecule has 18 nitrogen and oxygen atoms in total. The first-order chi connectivity index (χ1) is 22.1. The molecule has 2 atom stereocenters. The van der Waals surface area contributed by atoms with Gasteiger partial charge in [0.15, 0.2) is 10.8 Å². The van der Waals surface area contributed by atoms with E-state index in [2.05, 4.69) is 20.4 Å². The lowest BCUT2D eigenvalue weighted by atomic mass is 10.0. The zero-order valence-corrected chi connectivity index (χ0v) is 27.0. The van der Waals surface area contributed by atoms with Gasteiger partial charge >= 0.3 is 28.8 Å². The monoisotopic (exact) mass is 739 g/mol. The topological polar surface area (TPSA) is 282 Å². The number of alkyl halides is 3. The summed E-state index contributed by atoms with van der Waals surface area (Å²) in [6.07, 6.45) is -5.19. The lowest BCUT2D eigenvalue weighted by Gasteiger charge is -2.49. The largest absolute Gasteiger partial charge is 0.542 e. The summed E-state index contributed by atoms with van der Waals surface area (Å²) in [6.45, 7) is 2.45. The Morgan fingerprint density at radius 1 is 1.29 bits per heavy atom. The lowest BCUT2D eigenvalue weighted by molar-refractivity contribution is -0.718. The van der Waals surface area contributed by atoms with Crippen LogP contribution in [0.5, 0.6) is 5.88 Å². The molecule has 2 aromatic rings. The average Bonchev–Trinajstić information content (AvgIpc) is 3.41. The third-order valence-corrected chi connectivity index (χ3v) is 9.31. The summed E-state index contributed by atoms with van der Waals surface area (Å²) in [5.74, 6) is -7.27. The Hall–Kier alpha value is -4.84. The van der Waals surface area contributed by atoms with Crippen LogP contribution in [0.1, 0.15) is 19.5 Å². The van der Waals surface area contributed by atoms with E-state index in [1.807, 2.05) is 0 Å². The second-order valence-corrected chi connectivity index (χ2v) is 12.9. The van der Waals surface area contributed by atoms with Crippen LogP contribution in [0, 0.1) is 0 Å². The molecule has 4 rings (SSSR count). The number of aromatic amines is 1. The number of nitrogen functional groups attached to an aromatic ring is 1. The predicted molar refractivity (Wildman–Crippen MR) is 157 cm³/mol. The molecule has 48 heavy (non-hydrogen) atoms. The number of carboxylic acid groups (broad SMARTS) is 3. The van der Waals surface area contributed by atoms with E-state index in [0.29, 0.717) is 5.57 Å². The Balaban J connectivity index is 0.000000804. The number of aromatic hydroxyl groups is 1. The summed E-state index contributed by atoms with van der Waals surface area (Å²) in [6, 6.07) is -0.122. The number of carbonyl (C=O) groups excluding carboxylic acids is 3. The summed E-state index contributed by atoms with van der Waals surface area (Å²) < 4.78 is 32.9. The van der Waals surface area contributed by atoms with Crippen molar-refractivity contribution in [1.29, 1.82) is 0 Å². The first-order valence-electron chi connectivity index (χ1n) is 12.8. The van der Waals surface area contributed by atoms with Crippen molar-refractivity contribution in [2.75, 3.05) is 17.2 Å². The van der Waals surface area contributed by atoms with E-state index in [4.69, 9.17) is 20.5 Å². The number of oxime groups is 1. The second-order valence-electron chi connectivity index (χ2n) is 9.97. The quantitative estimate of drug-likeness (QED) is 0.0398. The Labute approximate surface area is 278 Å². The molecule has 2 aliphatic rings. The van der Waals surface area contributed by atoms with E-state index in [-0.39, 0.29) is 39.1 Å². The number of rotatable bonds is 10. The first kappa shape index (κ1) is 37.6. The normalized spacial score (nSPS) is 17.8. The van der Waals surface area contributed by atoms with Crippen LogP contribution in [-0.4, -0.2) is 100 Å². The number of hydrogen-bond acceptors (Lipinski definition) is 15. The van der Waals surface area contributed by atoms with Crippen LogP contribution in [0.4, 0.5) is 18.3 Å². The fourth-order valence-electron chi connectivity index (χ4n) is 3.64. The number of aromatic nitrogens is 3. The molecule has 1 fully saturated rings. The summed E-state index contributed by atoms with van der Waals surface area (Å²) in [5, 5.41) is 45.1. The zero-order valence-electron chi connectivity index (χ0n) is 24.6. The minimum absolute atomic E-state index is 0.00491. The molecule has 0 radical (unpaired) electrons. The Morgan fingerprint density at radius 2 is 1.92 bits per heavy atom. The molecule has 0 aliphatic carbocycles. The van der Waals surface area contributed by atoms with Gasteiger partial charge in [-0.25, -0.2) is 24.4 Å². The van der Waals surface area contributed by atoms with Crippen LogP contribution in [0.25, 0.3) is 0 Å². The SMILES string of the molecule is C[n+]1c(O)cc(=O)[nH]c1SCC1=C(C(=O)O)N2C(=O)C(NC(=O)/C(=N\OC(C)(C)C(=O)O)c3csc(N)n3)C2SC1.O=C([O-])C(F)(F)F. The molecular formula is C24H24F3N7O11S3. The van der Waals surface area contributed by atoms with Crippen molar-refractivity contribution in [3.8, 4) is 5.88 Å². The molecule has 2 aromatic heterocycles. The van der Waals surface area contributed by atoms with Crippen LogP contribution in [0.15, 0.2) is 37.8 Å². The number of fused-ring (bicyclic) bond motifs is 1. The van der Waals surface area contributed by atoms with E-state index in [1.54, 1.807) is 0 Å². The zero-order chi connectivity index (χ0) is 36.3. The van der Waals surface area contributed by atoms with Crippen LogP contribution in [-0.2, 0) is 35.9 Å². The number of β-lactam (4-membered cyclic amide) rings is 1. The lowest BCUT2D eigenvalue weighted by Crippen LogP contribution is -2.71. The fourth-order valence-corrected chi connectivity index (χ4v) is 6.67. The fraction of sp³-hybridized carbons (Fsp3) is 0.375. The summed E-state index contributed by atoms with van der Waals surface area (Å²) >= 11 is 3.30. The third kappa shape index (κ3) is 8.54. The van der Waals surface area contributed by atoms with E-state index < -0.39 is 64.2 Å². The van der Waals surface area contributed by atoms with E-state index in [1.165, 1.54) is 42.6 Å². The van der Waals surface area contributed by atoms with E-state index in [0.717, 1.165) is 34.1 Å². The van der Waals surface area contributed by atoms with Crippen molar-refractivity contribution < 1.29 is 67.0 Å². The van der Waals surface area contributed by atoms with Crippen molar-refractivity contribution in [3.05, 3.63) is 38.8 Å². The van der Waals surface area contributed by atoms with Gasteiger partial charge in [-0.05, 0) is 31.2 Å². The number of carbonyl (C=O) groups is 5. The number of nitrogens with two attached hydrogens (primary N) is 1. The Kier molecular flexibility index (Phi) is 11.4. The van der Waals surface area contributed by atoms with Crippen molar-refractivity contribution in [1.82, 2.24) is 20.2 Å². The number of carboxylic acids is 3. The molecule has 2 unspecified atom stereocenters. The average molecular weight is 740 g/mol.